The zero-order valence-electron chi connectivity index (χ0n) is 31.5. The third-order valence-electron chi connectivity index (χ3n) is 8.97. The molecule has 0 spiro atoms. The van der Waals surface area contributed by atoms with Gasteiger partial charge in [-0.1, -0.05) is 18.2 Å². The molecule has 296 valence electrons. The van der Waals surface area contributed by atoms with E-state index in [0.29, 0.717) is 40.2 Å². The summed E-state index contributed by atoms with van der Waals surface area (Å²) in [4.78, 5) is 43.9. The number of ether oxygens (including phenoxy) is 3. The van der Waals surface area contributed by atoms with Gasteiger partial charge in [-0.2, -0.15) is 0 Å². The summed E-state index contributed by atoms with van der Waals surface area (Å²) >= 11 is 1.10. The number of hydrogen-bond acceptors (Lipinski definition) is 11. The summed E-state index contributed by atoms with van der Waals surface area (Å²) < 4.78 is 64.7. The third kappa shape index (κ3) is 9.30. The summed E-state index contributed by atoms with van der Waals surface area (Å²) in [5.74, 6) is -4.19. The summed E-state index contributed by atoms with van der Waals surface area (Å²) in [5.41, 5.74) is 1.83. The Bertz CT molecular complexity index is 2160. The van der Waals surface area contributed by atoms with E-state index < -0.39 is 47.2 Å². The molecule has 0 aliphatic carbocycles. The summed E-state index contributed by atoms with van der Waals surface area (Å²) in [6.07, 6.45) is 0.129. The number of aryl methyl sites for hydroxylation is 2. The van der Waals surface area contributed by atoms with Crippen LogP contribution in [0.25, 0.3) is 5.57 Å². The summed E-state index contributed by atoms with van der Waals surface area (Å²) in [6.45, 7) is 8.95. The first-order chi connectivity index (χ1) is 26.7. The van der Waals surface area contributed by atoms with Crippen molar-refractivity contribution in [3.05, 3.63) is 122 Å². The van der Waals surface area contributed by atoms with Crippen LogP contribution in [0.4, 0.5) is 18.0 Å². The van der Waals surface area contributed by atoms with Crippen LogP contribution in [0.15, 0.2) is 76.0 Å². The fourth-order valence-corrected chi connectivity index (χ4v) is 7.51. The van der Waals surface area contributed by atoms with Crippen molar-refractivity contribution in [3.63, 3.8) is 0 Å². The molecule has 16 heteroatoms. The predicted octanol–water partition coefficient (Wildman–Crippen LogP) is 6.97. The first-order valence-corrected chi connectivity index (χ1v) is 18.9. The number of allylic oxidation sites excluding steroid dienone is 2. The monoisotopic (exact) mass is 793 g/mol. The van der Waals surface area contributed by atoms with Gasteiger partial charge in [0.2, 0.25) is 11.8 Å². The molecule has 2 atom stereocenters. The molecule has 4 heterocycles. The first kappa shape index (κ1) is 40.2. The van der Waals surface area contributed by atoms with E-state index in [1.807, 2.05) is 0 Å². The van der Waals surface area contributed by atoms with Crippen LogP contribution in [0.3, 0.4) is 0 Å². The van der Waals surface area contributed by atoms with E-state index in [2.05, 4.69) is 20.8 Å². The number of nitrogens with one attached hydrogen (secondary N) is 2. The number of carbonyl (C=O) groups excluding carboxylic acids is 3. The molecule has 12 nitrogen and oxygen atoms in total. The van der Waals surface area contributed by atoms with E-state index in [1.54, 1.807) is 58.9 Å². The van der Waals surface area contributed by atoms with Crippen LogP contribution >= 0.6 is 11.3 Å². The van der Waals surface area contributed by atoms with Crippen molar-refractivity contribution >= 4 is 34.9 Å². The number of aromatic nitrogens is 2. The lowest BCUT2D eigenvalue weighted by Gasteiger charge is -2.41. The predicted molar refractivity (Wildman–Crippen MR) is 200 cm³/mol. The van der Waals surface area contributed by atoms with Gasteiger partial charge in [-0.3, -0.25) is 9.69 Å². The van der Waals surface area contributed by atoms with Gasteiger partial charge in [0.05, 0.1) is 47.9 Å². The highest BCUT2D eigenvalue weighted by Crippen LogP contribution is 2.47. The Morgan fingerprint density at radius 2 is 1.75 bits per heavy atom. The second-order valence-electron chi connectivity index (χ2n) is 14.1. The van der Waals surface area contributed by atoms with E-state index in [1.165, 1.54) is 23.1 Å². The molecule has 2 amide bonds. The number of benzene rings is 2. The maximum absolute atomic E-state index is 14.3. The first-order valence-electron chi connectivity index (χ1n) is 18.1. The Balaban J connectivity index is 1.49. The minimum absolute atomic E-state index is 0.0134. The number of halogens is 3. The number of esters is 1. The van der Waals surface area contributed by atoms with Crippen molar-refractivity contribution in [2.45, 2.75) is 71.6 Å². The van der Waals surface area contributed by atoms with Crippen molar-refractivity contribution in [1.29, 1.82) is 0 Å². The van der Waals surface area contributed by atoms with E-state index in [0.717, 1.165) is 29.0 Å². The fraction of sp³-hybridized carbons (Fsp3) is 0.375. The Kier molecular flexibility index (Phi) is 12.3. The molecule has 1 unspecified atom stereocenters. The van der Waals surface area contributed by atoms with Gasteiger partial charge in [-0.25, -0.2) is 22.8 Å². The molecular weight excluding hydrogens is 752 g/mol. The molecule has 2 aliphatic heterocycles. The lowest BCUT2D eigenvalue weighted by molar-refractivity contribution is -0.139. The van der Waals surface area contributed by atoms with E-state index >= 15 is 0 Å². The average Bonchev–Trinajstić information content (AvgIpc) is 3.83. The number of rotatable bonds is 11. The molecule has 2 aromatic heterocycles. The van der Waals surface area contributed by atoms with Crippen LogP contribution in [-0.2, 0) is 32.0 Å². The number of nitrogens with zero attached hydrogens (tertiary/aromatic N) is 3. The van der Waals surface area contributed by atoms with Gasteiger partial charge >= 0.3 is 12.1 Å². The van der Waals surface area contributed by atoms with Gasteiger partial charge in [-0.05, 0) is 88.1 Å². The second-order valence-corrected chi connectivity index (χ2v) is 15.3. The van der Waals surface area contributed by atoms with E-state index in [4.69, 9.17) is 18.6 Å². The van der Waals surface area contributed by atoms with Crippen molar-refractivity contribution in [2.75, 3.05) is 26.4 Å². The molecule has 1 fully saturated rings. The number of carbonyl (C=O) groups is 3. The number of hydrogen-bond donors (Lipinski definition) is 2. The van der Waals surface area contributed by atoms with Crippen molar-refractivity contribution in [2.24, 2.45) is 0 Å². The quantitative estimate of drug-likeness (QED) is 0.153. The SMILES string of the molecule is CCOC(=O)C1=C([C@@H]2COCCN2C(=O)OC(C)(C)C)NC(CCc2ccc(F)cc2)=C(c2nnc(C)o2)C1c1ccc(C(=O)NCc2ccc(F)c(F)c2)s1. The normalized spacial score (nSPS) is 17.5. The summed E-state index contributed by atoms with van der Waals surface area (Å²) in [7, 11) is 0. The van der Waals surface area contributed by atoms with Gasteiger partial charge in [0.25, 0.3) is 5.91 Å². The molecule has 1 saturated heterocycles. The van der Waals surface area contributed by atoms with Crippen LogP contribution in [0.5, 0.6) is 0 Å². The molecule has 0 bridgehead atoms. The van der Waals surface area contributed by atoms with Crippen molar-refractivity contribution in [1.82, 2.24) is 25.7 Å². The summed E-state index contributed by atoms with van der Waals surface area (Å²) in [5, 5.41) is 14.7. The largest absolute Gasteiger partial charge is 0.463 e. The lowest BCUT2D eigenvalue weighted by Crippen LogP contribution is -2.54. The Labute approximate surface area is 325 Å². The number of thiophene rings is 1. The smallest absolute Gasteiger partial charge is 0.411 e. The van der Waals surface area contributed by atoms with Crippen molar-refractivity contribution in [3.8, 4) is 0 Å². The number of morpholine rings is 1. The summed E-state index contributed by atoms with van der Waals surface area (Å²) in [6, 6.07) is 11.9. The molecule has 4 aromatic rings. The highest BCUT2D eigenvalue weighted by atomic mass is 32.1. The highest BCUT2D eigenvalue weighted by molar-refractivity contribution is 7.14. The van der Waals surface area contributed by atoms with E-state index in [9.17, 15) is 27.6 Å². The van der Waals surface area contributed by atoms with Gasteiger partial charge in [0.15, 0.2) is 11.6 Å². The topological polar surface area (TPSA) is 145 Å². The standard InChI is InChI=1S/C40H42F3N5O7S/c1-6-53-38(50)34-33(30-15-16-31(56-30)36(49)44-20-24-9-13-26(42)27(43)19-24)32(37-47-46-22(2)54-37)28(14-10-23-7-11-25(41)12-8-23)45-35(34)29-21-52-18-17-48(29)39(51)55-40(3,4)5/h7-9,11-13,15-16,19,29,33,45H,6,10,14,17-18,20-21H2,1-5H3,(H,44,49)/t29-,33?/m0/s1. The molecule has 2 aliphatic rings. The molecule has 0 saturated carbocycles. The number of amides is 2. The van der Waals surface area contributed by atoms with Gasteiger partial charge in [0.1, 0.15) is 11.4 Å². The zero-order valence-corrected chi connectivity index (χ0v) is 32.4. The van der Waals surface area contributed by atoms with Crippen LogP contribution < -0.4 is 10.6 Å². The maximum atomic E-state index is 14.3. The Hall–Kier alpha value is -5.48. The average molecular weight is 794 g/mol. The molecule has 2 aromatic carbocycles. The van der Waals surface area contributed by atoms with Gasteiger partial charge in [-0.15, -0.1) is 21.5 Å². The Morgan fingerprint density at radius 1 is 1.00 bits per heavy atom. The zero-order chi connectivity index (χ0) is 40.1. The van der Waals surface area contributed by atoms with Crippen molar-refractivity contribution < 1.29 is 46.2 Å². The minimum Gasteiger partial charge on any atom is -0.463 e. The molecular formula is C40H42F3N5O7S. The van der Waals surface area contributed by atoms with Crippen LogP contribution in [0, 0.1) is 24.4 Å². The van der Waals surface area contributed by atoms with E-state index in [-0.39, 0.29) is 61.0 Å². The molecule has 2 N–H and O–H groups in total. The van der Waals surface area contributed by atoms with Crippen LogP contribution in [0.1, 0.15) is 77.5 Å². The number of dihydropyridines is 1. The molecule has 6 rings (SSSR count). The highest BCUT2D eigenvalue weighted by Gasteiger charge is 2.45. The maximum Gasteiger partial charge on any atom is 0.411 e. The lowest BCUT2D eigenvalue weighted by atomic mass is 9.81. The second kappa shape index (κ2) is 17.1. The van der Waals surface area contributed by atoms with Crippen LogP contribution in [0.2, 0.25) is 0 Å². The van der Waals surface area contributed by atoms with Crippen LogP contribution in [-0.4, -0.2) is 71.1 Å². The molecule has 0 radical (unpaired) electrons. The minimum atomic E-state index is -1.03. The van der Waals surface area contributed by atoms with Gasteiger partial charge < -0.3 is 29.3 Å². The fourth-order valence-electron chi connectivity index (χ4n) is 6.46. The van der Waals surface area contributed by atoms with Gasteiger partial charge in [0, 0.05) is 36.2 Å². The molecule has 56 heavy (non-hydrogen) atoms. The third-order valence-corrected chi connectivity index (χ3v) is 10.1. The Morgan fingerprint density at radius 3 is 2.43 bits per heavy atom.